The van der Waals surface area contributed by atoms with Crippen LogP contribution in [0.2, 0.25) is 0 Å². The van der Waals surface area contributed by atoms with Crippen molar-refractivity contribution in [2.24, 2.45) is 0 Å². The maximum Gasteiger partial charge on any atom is 0.255 e. The number of rotatable bonds is 9. The fraction of sp³-hybridized carbons (Fsp3) is 0.192. The molecule has 2 N–H and O–H groups in total. The zero-order valence-electron chi connectivity index (χ0n) is 19.4. The van der Waals surface area contributed by atoms with Gasteiger partial charge in [-0.3, -0.25) is 14.4 Å². The molecule has 34 heavy (non-hydrogen) atoms. The molecule has 176 valence electrons. The summed E-state index contributed by atoms with van der Waals surface area (Å²) in [5, 5.41) is 5.34. The van der Waals surface area contributed by atoms with Gasteiger partial charge < -0.3 is 20.1 Å². The zero-order chi connectivity index (χ0) is 24.7. The molecule has 0 aliphatic carbocycles. The van der Waals surface area contributed by atoms with Gasteiger partial charge in [0.1, 0.15) is 0 Å². The molecule has 0 saturated heterocycles. The van der Waals surface area contributed by atoms with Crippen LogP contribution >= 0.6 is 11.8 Å². The molecule has 0 aliphatic rings. The molecule has 2 amide bonds. The second-order valence-electron chi connectivity index (χ2n) is 7.43. The molecule has 1 atom stereocenters. The molecule has 0 heterocycles. The van der Waals surface area contributed by atoms with Crippen molar-refractivity contribution in [3.63, 3.8) is 0 Å². The maximum absolute atomic E-state index is 12.7. The van der Waals surface area contributed by atoms with Crippen molar-refractivity contribution in [1.82, 2.24) is 0 Å². The van der Waals surface area contributed by atoms with Crippen LogP contribution in [0.15, 0.2) is 71.6 Å². The van der Waals surface area contributed by atoms with Gasteiger partial charge in [0, 0.05) is 27.4 Å². The highest BCUT2D eigenvalue weighted by Crippen LogP contribution is 2.29. The molecule has 7 nitrogen and oxygen atoms in total. The van der Waals surface area contributed by atoms with Gasteiger partial charge in [-0.05, 0) is 74.5 Å². The third-order valence-electron chi connectivity index (χ3n) is 4.98. The summed E-state index contributed by atoms with van der Waals surface area (Å²) < 4.78 is 10.5. The molecule has 0 bridgehead atoms. The largest absolute Gasteiger partial charge is 0.493 e. The first kappa shape index (κ1) is 24.9. The normalized spacial score (nSPS) is 11.3. The van der Waals surface area contributed by atoms with Crippen LogP contribution in [0.1, 0.15) is 34.6 Å². The van der Waals surface area contributed by atoms with Crippen LogP contribution in [0.3, 0.4) is 0 Å². The molecule has 8 heteroatoms. The minimum Gasteiger partial charge on any atom is -0.493 e. The highest BCUT2D eigenvalue weighted by molar-refractivity contribution is 8.00. The lowest BCUT2D eigenvalue weighted by Crippen LogP contribution is -2.22. The van der Waals surface area contributed by atoms with Crippen molar-refractivity contribution in [3.8, 4) is 11.5 Å². The van der Waals surface area contributed by atoms with E-state index in [1.54, 1.807) is 55.5 Å². The molecule has 0 radical (unpaired) electrons. The lowest BCUT2D eigenvalue weighted by molar-refractivity contribution is -0.115. The van der Waals surface area contributed by atoms with Gasteiger partial charge in [0.25, 0.3) is 5.91 Å². The first-order chi connectivity index (χ1) is 16.3. The number of ether oxygens (including phenoxy) is 2. The minimum atomic E-state index is -0.385. The van der Waals surface area contributed by atoms with Gasteiger partial charge in [0.15, 0.2) is 17.3 Å². The van der Waals surface area contributed by atoms with Gasteiger partial charge in [-0.25, -0.2) is 0 Å². The van der Waals surface area contributed by atoms with E-state index in [0.29, 0.717) is 34.0 Å². The number of Topliss-reactive ketones (excluding diaryl/α,β-unsaturated/α-hetero) is 1. The number of hydrogen-bond acceptors (Lipinski definition) is 6. The van der Waals surface area contributed by atoms with E-state index >= 15 is 0 Å². The molecule has 3 aromatic carbocycles. The summed E-state index contributed by atoms with van der Waals surface area (Å²) in [4.78, 5) is 37.5. The van der Waals surface area contributed by atoms with Crippen molar-refractivity contribution in [2.45, 2.75) is 24.0 Å². The fourth-order valence-electron chi connectivity index (χ4n) is 3.12. The Morgan fingerprint density at radius 1 is 0.794 bits per heavy atom. The van der Waals surface area contributed by atoms with E-state index in [2.05, 4.69) is 10.6 Å². The van der Waals surface area contributed by atoms with Gasteiger partial charge >= 0.3 is 0 Å². The average molecular weight is 479 g/mol. The number of carbonyl (C=O) groups excluding carboxylic acids is 3. The molecule has 3 rings (SSSR count). The highest BCUT2D eigenvalue weighted by Gasteiger charge is 2.16. The maximum atomic E-state index is 12.7. The average Bonchev–Trinajstić information content (AvgIpc) is 2.84. The van der Waals surface area contributed by atoms with Crippen LogP contribution in [-0.4, -0.2) is 37.1 Å². The van der Waals surface area contributed by atoms with E-state index in [1.807, 2.05) is 18.2 Å². The summed E-state index contributed by atoms with van der Waals surface area (Å²) in [7, 11) is 3.05. The third kappa shape index (κ3) is 6.39. The lowest BCUT2D eigenvalue weighted by atomic mass is 10.1. The molecular weight excluding hydrogens is 452 g/mol. The summed E-state index contributed by atoms with van der Waals surface area (Å²) in [5.74, 6) is 0.526. The second-order valence-corrected chi connectivity index (χ2v) is 8.85. The number of anilines is 2. The van der Waals surface area contributed by atoms with Crippen molar-refractivity contribution in [2.75, 3.05) is 24.9 Å². The summed E-state index contributed by atoms with van der Waals surface area (Å²) in [6.45, 7) is 3.30. The first-order valence-corrected chi connectivity index (χ1v) is 11.4. The van der Waals surface area contributed by atoms with Crippen molar-refractivity contribution in [3.05, 3.63) is 77.9 Å². The second kappa shape index (κ2) is 11.4. The van der Waals surface area contributed by atoms with Crippen molar-refractivity contribution in [1.29, 1.82) is 0 Å². The van der Waals surface area contributed by atoms with Crippen LogP contribution in [0.5, 0.6) is 11.5 Å². The van der Waals surface area contributed by atoms with Crippen LogP contribution in [-0.2, 0) is 4.79 Å². The Morgan fingerprint density at radius 3 is 2.12 bits per heavy atom. The van der Waals surface area contributed by atoms with Crippen LogP contribution in [0.4, 0.5) is 11.4 Å². The van der Waals surface area contributed by atoms with Crippen LogP contribution in [0.25, 0.3) is 0 Å². The first-order valence-electron chi connectivity index (χ1n) is 10.5. The topological polar surface area (TPSA) is 93.7 Å². The molecule has 0 aromatic heterocycles. The predicted octanol–water partition coefficient (Wildman–Crippen LogP) is 5.28. The third-order valence-corrected chi connectivity index (χ3v) is 6.07. The number of thioether (sulfide) groups is 1. The number of carbonyl (C=O) groups is 3. The molecular formula is C26H26N2O5S. The number of ketones is 1. The Labute approximate surface area is 202 Å². The Kier molecular flexibility index (Phi) is 8.32. The number of benzene rings is 3. The molecule has 0 saturated carbocycles. The standard InChI is InChI=1S/C26H26N2O5S/c1-16(29)18-8-11-20(12-9-18)27-25(30)17(2)34-22-7-5-6-21(15-22)28-26(31)19-10-13-23(32-3)24(14-19)33-4/h5-15,17H,1-4H3,(H,27,30)(H,28,31). The van der Waals surface area contributed by atoms with Gasteiger partial charge in [-0.1, -0.05) is 6.07 Å². The van der Waals surface area contributed by atoms with Gasteiger partial charge in [-0.15, -0.1) is 11.8 Å². The Balaban J connectivity index is 1.62. The van der Waals surface area contributed by atoms with Gasteiger partial charge in [0.05, 0.1) is 19.5 Å². The molecule has 0 spiro atoms. The van der Waals surface area contributed by atoms with Gasteiger partial charge in [0.2, 0.25) is 5.91 Å². The number of amides is 2. The van der Waals surface area contributed by atoms with E-state index in [1.165, 1.54) is 32.9 Å². The molecule has 1 unspecified atom stereocenters. The van der Waals surface area contributed by atoms with Gasteiger partial charge in [-0.2, -0.15) is 0 Å². The predicted molar refractivity (Wildman–Crippen MR) is 134 cm³/mol. The quantitative estimate of drug-likeness (QED) is 0.321. The summed E-state index contributed by atoms with van der Waals surface area (Å²) in [6.07, 6.45) is 0. The molecule has 0 aliphatic heterocycles. The van der Waals surface area contributed by atoms with E-state index in [4.69, 9.17) is 9.47 Å². The Hall–Kier alpha value is -3.78. The van der Waals surface area contributed by atoms with E-state index < -0.39 is 0 Å². The van der Waals surface area contributed by atoms with E-state index in [9.17, 15) is 14.4 Å². The molecule has 0 fully saturated rings. The molecule has 3 aromatic rings. The Morgan fingerprint density at radius 2 is 1.47 bits per heavy atom. The SMILES string of the molecule is COc1ccc(C(=O)Nc2cccc(SC(C)C(=O)Nc3ccc(C(C)=O)cc3)c2)cc1OC. The summed E-state index contributed by atoms with van der Waals surface area (Å²) >= 11 is 1.37. The fourth-order valence-corrected chi connectivity index (χ4v) is 4.04. The van der Waals surface area contributed by atoms with Crippen molar-refractivity contribution < 1.29 is 23.9 Å². The smallest absolute Gasteiger partial charge is 0.255 e. The number of hydrogen-bond donors (Lipinski definition) is 2. The highest BCUT2D eigenvalue weighted by atomic mass is 32.2. The summed E-state index contributed by atoms with van der Waals surface area (Å²) in [6, 6.07) is 19.0. The van der Waals surface area contributed by atoms with Crippen molar-refractivity contribution >= 4 is 40.7 Å². The van der Waals surface area contributed by atoms with E-state index in [-0.39, 0.29) is 22.8 Å². The van der Waals surface area contributed by atoms with E-state index in [0.717, 1.165) is 4.90 Å². The number of methoxy groups -OCH3 is 2. The zero-order valence-corrected chi connectivity index (χ0v) is 20.2. The summed E-state index contributed by atoms with van der Waals surface area (Å²) in [5.41, 5.74) is 2.25. The van der Waals surface area contributed by atoms with Crippen LogP contribution < -0.4 is 20.1 Å². The number of nitrogens with one attached hydrogen (secondary N) is 2. The Bertz CT molecular complexity index is 1190. The monoisotopic (exact) mass is 478 g/mol. The van der Waals surface area contributed by atoms with Crippen LogP contribution in [0, 0.1) is 0 Å². The lowest BCUT2D eigenvalue weighted by Gasteiger charge is -2.13. The minimum absolute atomic E-state index is 0.0279.